The highest BCUT2D eigenvalue weighted by molar-refractivity contribution is 5.71. The molecule has 0 aliphatic carbocycles. The summed E-state index contributed by atoms with van der Waals surface area (Å²) in [6.07, 6.45) is -4.71. The number of carbonyl (C=O) groups is 1. The average Bonchev–Trinajstić information content (AvgIpc) is 1.60. The van der Waals surface area contributed by atoms with Crippen LogP contribution in [-0.2, 0) is 0 Å². The van der Waals surface area contributed by atoms with E-state index < -0.39 is 23.8 Å². The molecule has 6 heteroatoms. The quantitative estimate of drug-likeness (QED) is 0.525. The van der Waals surface area contributed by atoms with Crippen LogP contribution in [0.5, 0.6) is 0 Å². The van der Waals surface area contributed by atoms with Crippen LogP contribution >= 0.6 is 0 Å². The van der Waals surface area contributed by atoms with Crippen molar-refractivity contribution in [1.29, 1.82) is 0 Å². The lowest BCUT2D eigenvalue weighted by Gasteiger charge is -2.19. The summed E-state index contributed by atoms with van der Waals surface area (Å²) < 4.78 is 34.7. The third kappa shape index (κ3) is 2.12. The van der Waals surface area contributed by atoms with Crippen LogP contribution in [-0.4, -0.2) is 23.8 Å². The molecule has 0 aromatic carbocycles. The topological polar surface area (TPSA) is 44.1 Å². The Kier molecular flexibility index (Phi) is 2.50. The molecule has 0 rings (SSSR count). The first kappa shape index (κ1) is 9.06. The highest BCUT2D eigenvalue weighted by Crippen LogP contribution is 2.19. The first-order valence-electron chi connectivity index (χ1n) is 2.49. The van der Waals surface area contributed by atoms with Gasteiger partial charge in [0.05, 0.1) is 0 Å². The Hall–Kier alpha value is -0.940. The van der Waals surface area contributed by atoms with Gasteiger partial charge in [-0.3, -0.25) is 0 Å². The molecule has 1 radical (unpaired) electrons. The second-order valence-electron chi connectivity index (χ2n) is 1.52. The van der Waals surface area contributed by atoms with Crippen LogP contribution in [0.15, 0.2) is 0 Å². The Morgan fingerprint density at radius 3 is 2.00 bits per heavy atom. The lowest BCUT2D eigenvalue weighted by molar-refractivity contribution is -0.221. The van der Waals surface area contributed by atoms with Crippen molar-refractivity contribution in [2.45, 2.75) is 13.2 Å². The molecule has 1 N–H and O–H groups in total. The molecule has 0 bridgehead atoms. The van der Waals surface area contributed by atoms with Gasteiger partial charge in [0.2, 0.25) is 0 Å². The summed E-state index contributed by atoms with van der Waals surface area (Å²) in [6.45, 7) is 0.631. The molecule has 10 heavy (non-hydrogen) atoms. The zero-order chi connectivity index (χ0) is 8.36. The van der Waals surface area contributed by atoms with Gasteiger partial charge in [0.25, 0.3) is 0 Å². The molecular formula is C4H6F3N2O. The van der Waals surface area contributed by atoms with Gasteiger partial charge in [-0.2, -0.15) is 0 Å². The predicted molar refractivity (Wildman–Crippen MR) is 26.9 cm³/mol. The molecule has 2 amide bonds. The second-order valence-corrected chi connectivity index (χ2v) is 1.52. The first-order chi connectivity index (χ1) is 4.39. The lowest BCUT2D eigenvalue weighted by Crippen LogP contribution is -2.42. The fourth-order valence-corrected chi connectivity index (χ4v) is 0.438. The maximum Gasteiger partial charge on any atom is 0.488 e. The van der Waals surface area contributed by atoms with E-state index in [1.54, 1.807) is 0 Å². The lowest BCUT2D eigenvalue weighted by atomic mass is 10.6. The Balaban J connectivity index is 4.22. The van der Waals surface area contributed by atoms with Crippen molar-refractivity contribution in [3.05, 3.63) is 0 Å². The number of urea groups is 1. The van der Waals surface area contributed by atoms with Crippen molar-refractivity contribution >= 4 is 6.03 Å². The maximum atomic E-state index is 11.6. The predicted octanol–water partition coefficient (Wildman–Crippen LogP) is 1.23. The van der Waals surface area contributed by atoms with Gasteiger partial charge in [0.1, 0.15) is 0 Å². The molecule has 0 heterocycles. The minimum atomic E-state index is -4.71. The maximum absolute atomic E-state index is 11.6. The number of halogens is 3. The Morgan fingerprint density at radius 1 is 1.60 bits per heavy atom. The Morgan fingerprint density at radius 2 is 2.00 bits per heavy atom. The van der Waals surface area contributed by atoms with Crippen LogP contribution in [0.4, 0.5) is 18.0 Å². The van der Waals surface area contributed by atoms with Gasteiger partial charge in [0.15, 0.2) is 0 Å². The number of carbonyl (C=O) groups excluding carboxylic acids is 1. The SMILES string of the molecule is CCN(C([NH])=O)C(F)(F)F. The fourth-order valence-electron chi connectivity index (χ4n) is 0.438. The molecule has 0 aliphatic rings. The Bertz CT molecular complexity index is 133. The zero-order valence-electron chi connectivity index (χ0n) is 5.20. The minimum absolute atomic E-state index is 0.493. The molecule has 3 nitrogen and oxygen atoms in total. The van der Waals surface area contributed by atoms with Crippen LogP contribution in [0.3, 0.4) is 0 Å². The third-order valence-electron chi connectivity index (χ3n) is 0.867. The highest BCUT2D eigenvalue weighted by atomic mass is 19.4. The number of nitrogens with zero attached hydrogens (tertiary/aromatic N) is 1. The fraction of sp³-hybridized carbons (Fsp3) is 0.750. The van der Waals surface area contributed by atoms with E-state index >= 15 is 0 Å². The van der Waals surface area contributed by atoms with Crippen LogP contribution in [0.2, 0.25) is 0 Å². The van der Waals surface area contributed by atoms with Crippen molar-refractivity contribution in [1.82, 2.24) is 10.6 Å². The molecular weight excluding hydrogens is 149 g/mol. The summed E-state index contributed by atoms with van der Waals surface area (Å²) >= 11 is 0. The van der Waals surface area contributed by atoms with Crippen molar-refractivity contribution in [2.75, 3.05) is 6.54 Å². The monoisotopic (exact) mass is 155 g/mol. The molecule has 0 fully saturated rings. The summed E-state index contributed by atoms with van der Waals surface area (Å²) in [4.78, 5) is 9.40. The van der Waals surface area contributed by atoms with Gasteiger partial charge in [-0.25, -0.2) is 15.4 Å². The summed E-state index contributed by atoms with van der Waals surface area (Å²) in [7, 11) is 0. The molecule has 0 spiro atoms. The van der Waals surface area contributed by atoms with E-state index in [9.17, 15) is 18.0 Å². The largest absolute Gasteiger partial charge is 0.488 e. The Labute approximate surface area is 55.6 Å². The van der Waals surface area contributed by atoms with Crippen molar-refractivity contribution in [2.24, 2.45) is 0 Å². The van der Waals surface area contributed by atoms with Crippen molar-refractivity contribution in [3.63, 3.8) is 0 Å². The number of hydrogen-bond donors (Lipinski definition) is 0. The van der Waals surface area contributed by atoms with Crippen molar-refractivity contribution in [3.8, 4) is 0 Å². The number of hydrogen-bond acceptors (Lipinski definition) is 1. The van der Waals surface area contributed by atoms with E-state index in [0.29, 0.717) is 0 Å². The summed E-state index contributed by atoms with van der Waals surface area (Å²) in [5.41, 5.74) is 6.16. The van der Waals surface area contributed by atoms with Gasteiger partial charge in [-0.15, -0.1) is 13.2 Å². The zero-order valence-corrected chi connectivity index (χ0v) is 5.20. The third-order valence-corrected chi connectivity index (χ3v) is 0.867. The molecule has 0 aromatic heterocycles. The molecule has 0 atom stereocenters. The van der Waals surface area contributed by atoms with Gasteiger partial charge >= 0.3 is 12.3 Å². The summed E-state index contributed by atoms with van der Waals surface area (Å²) in [5, 5.41) is 0. The van der Waals surface area contributed by atoms with E-state index in [1.807, 2.05) is 0 Å². The standard InChI is InChI=1S/C4H6F3N2O/c1-2-9(3(8)10)4(5,6)7/h8H,2H2,1H3. The molecule has 0 aromatic rings. The second kappa shape index (κ2) is 2.76. The van der Waals surface area contributed by atoms with Crippen LogP contribution in [0.25, 0.3) is 0 Å². The summed E-state index contributed by atoms with van der Waals surface area (Å²) in [6, 6.07) is -1.73. The number of amides is 2. The first-order valence-corrected chi connectivity index (χ1v) is 2.49. The smallest absolute Gasteiger partial charge is 0.247 e. The van der Waals surface area contributed by atoms with Crippen LogP contribution in [0, 0.1) is 0 Å². The molecule has 0 unspecified atom stereocenters. The van der Waals surface area contributed by atoms with E-state index in [4.69, 9.17) is 5.73 Å². The van der Waals surface area contributed by atoms with Crippen LogP contribution in [0.1, 0.15) is 6.92 Å². The van der Waals surface area contributed by atoms with Gasteiger partial charge in [0, 0.05) is 6.54 Å². The van der Waals surface area contributed by atoms with Gasteiger partial charge in [-0.1, -0.05) is 0 Å². The highest BCUT2D eigenvalue weighted by Gasteiger charge is 2.38. The normalized spacial score (nSPS) is 11.2. The van der Waals surface area contributed by atoms with E-state index in [1.165, 1.54) is 0 Å². The molecule has 0 saturated heterocycles. The average molecular weight is 155 g/mol. The number of alkyl halides is 3. The van der Waals surface area contributed by atoms with Crippen molar-refractivity contribution < 1.29 is 18.0 Å². The van der Waals surface area contributed by atoms with E-state index in [2.05, 4.69) is 0 Å². The molecule has 0 saturated carbocycles. The minimum Gasteiger partial charge on any atom is -0.247 e. The summed E-state index contributed by atoms with van der Waals surface area (Å²) in [5.74, 6) is 0. The number of nitrogens with one attached hydrogen (secondary N) is 1. The van der Waals surface area contributed by atoms with E-state index in [0.717, 1.165) is 6.92 Å². The van der Waals surface area contributed by atoms with E-state index in [-0.39, 0.29) is 0 Å². The number of rotatable bonds is 1. The molecule has 59 valence electrons. The van der Waals surface area contributed by atoms with Crippen LogP contribution < -0.4 is 5.73 Å². The van der Waals surface area contributed by atoms with Gasteiger partial charge in [-0.05, 0) is 6.92 Å². The van der Waals surface area contributed by atoms with Gasteiger partial charge < -0.3 is 0 Å². The molecule has 0 aliphatic heterocycles.